The van der Waals surface area contributed by atoms with Crippen molar-refractivity contribution in [3.8, 4) is 28.6 Å². The molecule has 0 unspecified atom stereocenters. The summed E-state index contributed by atoms with van der Waals surface area (Å²) in [4.78, 5) is 16.5. The first-order valence-corrected chi connectivity index (χ1v) is 11.7. The molecule has 0 spiro atoms. The first-order chi connectivity index (χ1) is 17.1. The second-order valence-corrected chi connectivity index (χ2v) is 8.35. The Morgan fingerprint density at radius 1 is 1.06 bits per heavy atom. The zero-order valence-electron chi connectivity index (χ0n) is 19.5. The predicted octanol–water partition coefficient (Wildman–Crippen LogP) is 3.90. The number of carbonyl (C=O) groups is 1. The van der Waals surface area contributed by atoms with Crippen LogP contribution in [0.2, 0.25) is 0 Å². The van der Waals surface area contributed by atoms with Gasteiger partial charge in [-0.3, -0.25) is 14.3 Å². The number of hydrogen-bond donors (Lipinski definition) is 1. The van der Waals surface area contributed by atoms with Crippen LogP contribution in [0.4, 0.5) is 0 Å². The number of carbonyl (C=O) groups excluding carboxylic acids is 1. The molecule has 9 nitrogen and oxygen atoms in total. The molecule has 2 aromatic heterocycles. The van der Waals surface area contributed by atoms with E-state index in [0.717, 1.165) is 16.8 Å². The third kappa shape index (κ3) is 5.85. The van der Waals surface area contributed by atoms with E-state index >= 15 is 0 Å². The zero-order valence-corrected chi connectivity index (χ0v) is 20.3. The van der Waals surface area contributed by atoms with E-state index in [1.807, 2.05) is 47.9 Å². The van der Waals surface area contributed by atoms with Gasteiger partial charge in [-0.05, 0) is 43.3 Å². The summed E-state index contributed by atoms with van der Waals surface area (Å²) in [5.74, 6) is 1.76. The Balaban J connectivity index is 1.48. The second kappa shape index (κ2) is 11.3. The quantitative estimate of drug-likeness (QED) is 0.216. The fraction of sp³-hybridized carbons (Fsp3) is 0.160. The summed E-state index contributed by atoms with van der Waals surface area (Å²) in [6, 6.07) is 17.1. The molecule has 10 heteroatoms. The van der Waals surface area contributed by atoms with E-state index in [1.54, 1.807) is 44.8 Å². The fourth-order valence-corrected chi connectivity index (χ4v) is 3.98. The minimum absolute atomic E-state index is 0.109. The third-order valence-corrected chi connectivity index (χ3v) is 5.96. The molecule has 35 heavy (non-hydrogen) atoms. The maximum atomic E-state index is 12.5. The summed E-state index contributed by atoms with van der Waals surface area (Å²) in [5.41, 5.74) is 6.18. The van der Waals surface area contributed by atoms with E-state index in [0.29, 0.717) is 28.0 Å². The third-order valence-electron chi connectivity index (χ3n) is 5.03. The van der Waals surface area contributed by atoms with E-state index < -0.39 is 0 Å². The average molecular weight is 489 g/mol. The SMILES string of the molecule is COc1ccc(/C=N\NC(=O)CSc2nnc(-c3ccncc3)n2-c2ccc(C)cc2)c(OC)c1. The summed E-state index contributed by atoms with van der Waals surface area (Å²) >= 11 is 1.28. The standard InChI is InChI=1S/C25H24N6O3S/c1-17-4-7-20(8-5-17)31-24(18-10-12-26-13-11-18)29-30-25(31)35-16-23(32)28-27-15-19-6-9-21(33-2)14-22(19)34-3/h4-15H,16H2,1-3H3,(H,28,32)/b27-15-. The molecule has 0 saturated heterocycles. The van der Waals surface area contributed by atoms with Crippen LogP contribution >= 0.6 is 11.8 Å². The van der Waals surface area contributed by atoms with Crippen LogP contribution in [0.1, 0.15) is 11.1 Å². The number of methoxy groups -OCH3 is 2. The van der Waals surface area contributed by atoms with E-state index in [4.69, 9.17) is 9.47 Å². The lowest BCUT2D eigenvalue weighted by molar-refractivity contribution is -0.118. The number of amides is 1. The molecule has 0 fully saturated rings. The van der Waals surface area contributed by atoms with Gasteiger partial charge in [-0.15, -0.1) is 10.2 Å². The minimum Gasteiger partial charge on any atom is -0.497 e. The molecule has 0 bridgehead atoms. The highest BCUT2D eigenvalue weighted by Gasteiger charge is 2.17. The van der Waals surface area contributed by atoms with Crippen molar-refractivity contribution in [3.63, 3.8) is 0 Å². The Morgan fingerprint density at radius 3 is 2.54 bits per heavy atom. The lowest BCUT2D eigenvalue weighted by Crippen LogP contribution is -2.20. The first-order valence-electron chi connectivity index (χ1n) is 10.7. The normalized spacial score (nSPS) is 10.9. The van der Waals surface area contributed by atoms with Crippen LogP contribution in [0.15, 0.2) is 77.2 Å². The molecule has 4 aromatic rings. The number of thioether (sulfide) groups is 1. The Hall–Kier alpha value is -4.18. The molecule has 0 aliphatic rings. The van der Waals surface area contributed by atoms with E-state index in [1.165, 1.54) is 18.0 Å². The van der Waals surface area contributed by atoms with E-state index in [9.17, 15) is 4.79 Å². The van der Waals surface area contributed by atoms with Gasteiger partial charge in [0.15, 0.2) is 11.0 Å². The van der Waals surface area contributed by atoms with Gasteiger partial charge in [-0.25, -0.2) is 5.43 Å². The smallest absolute Gasteiger partial charge is 0.250 e. The maximum absolute atomic E-state index is 12.5. The van der Waals surface area contributed by atoms with Crippen molar-refractivity contribution in [1.29, 1.82) is 0 Å². The minimum atomic E-state index is -0.275. The van der Waals surface area contributed by atoms with Gasteiger partial charge in [0.2, 0.25) is 0 Å². The topological polar surface area (TPSA) is 104 Å². The Kier molecular flexibility index (Phi) is 7.74. The van der Waals surface area contributed by atoms with Crippen molar-refractivity contribution >= 4 is 23.9 Å². The highest BCUT2D eigenvalue weighted by molar-refractivity contribution is 7.99. The van der Waals surface area contributed by atoms with Crippen LogP contribution in [0.5, 0.6) is 11.5 Å². The molecule has 2 heterocycles. The lowest BCUT2D eigenvalue weighted by atomic mass is 10.2. The number of aromatic nitrogens is 4. The van der Waals surface area contributed by atoms with Gasteiger partial charge >= 0.3 is 0 Å². The average Bonchev–Trinajstić information content (AvgIpc) is 3.32. The van der Waals surface area contributed by atoms with Crippen molar-refractivity contribution in [2.75, 3.05) is 20.0 Å². The lowest BCUT2D eigenvalue weighted by Gasteiger charge is -2.10. The van der Waals surface area contributed by atoms with Crippen LogP contribution in [-0.4, -0.2) is 51.8 Å². The van der Waals surface area contributed by atoms with E-state index in [-0.39, 0.29) is 11.7 Å². The van der Waals surface area contributed by atoms with Crippen molar-refractivity contribution in [2.45, 2.75) is 12.1 Å². The van der Waals surface area contributed by atoms with Crippen LogP contribution in [-0.2, 0) is 4.79 Å². The molecule has 2 aromatic carbocycles. The summed E-state index contributed by atoms with van der Waals surface area (Å²) in [6.07, 6.45) is 4.94. The van der Waals surface area contributed by atoms with Crippen molar-refractivity contribution < 1.29 is 14.3 Å². The molecule has 1 amide bonds. The molecular formula is C25H24N6O3S. The Bertz CT molecular complexity index is 1320. The Morgan fingerprint density at radius 2 is 1.83 bits per heavy atom. The summed E-state index contributed by atoms with van der Waals surface area (Å²) in [7, 11) is 3.14. The summed E-state index contributed by atoms with van der Waals surface area (Å²) < 4.78 is 12.5. The highest BCUT2D eigenvalue weighted by Crippen LogP contribution is 2.28. The number of nitrogens with zero attached hydrogens (tertiary/aromatic N) is 5. The maximum Gasteiger partial charge on any atom is 0.250 e. The van der Waals surface area contributed by atoms with Gasteiger partial charge in [-0.1, -0.05) is 29.5 Å². The van der Waals surface area contributed by atoms with Gasteiger partial charge in [0.25, 0.3) is 5.91 Å². The molecule has 1 N–H and O–H groups in total. The number of rotatable bonds is 9. The number of hydrogen-bond acceptors (Lipinski definition) is 8. The number of benzene rings is 2. The second-order valence-electron chi connectivity index (χ2n) is 7.40. The molecular weight excluding hydrogens is 464 g/mol. The first kappa shape index (κ1) is 24.0. The van der Waals surface area contributed by atoms with Crippen LogP contribution in [0, 0.1) is 6.92 Å². The van der Waals surface area contributed by atoms with Gasteiger partial charge in [-0.2, -0.15) is 5.10 Å². The van der Waals surface area contributed by atoms with Crippen LogP contribution < -0.4 is 14.9 Å². The zero-order chi connectivity index (χ0) is 24.6. The number of nitrogens with one attached hydrogen (secondary N) is 1. The summed E-state index contributed by atoms with van der Waals surface area (Å²) in [5, 5.41) is 13.4. The number of pyridine rings is 1. The fourth-order valence-electron chi connectivity index (χ4n) is 3.24. The molecule has 0 atom stereocenters. The number of ether oxygens (including phenoxy) is 2. The van der Waals surface area contributed by atoms with Gasteiger partial charge < -0.3 is 9.47 Å². The monoisotopic (exact) mass is 488 g/mol. The van der Waals surface area contributed by atoms with E-state index in [2.05, 4.69) is 25.7 Å². The summed E-state index contributed by atoms with van der Waals surface area (Å²) in [6.45, 7) is 2.03. The largest absolute Gasteiger partial charge is 0.497 e. The highest BCUT2D eigenvalue weighted by atomic mass is 32.2. The number of hydrazone groups is 1. The molecule has 0 aliphatic carbocycles. The van der Waals surface area contributed by atoms with Gasteiger partial charge in [0.05, 0.1) is 26.2 Å². The molecule has 178 valence electrons. The Labute approximate surface area is 207 Å². The molecule has 0 aliphatic heterocycles. The van der Waals surface area contributed by atoms with Crippen LogP contribution in [0.25, 0.3) is 17.1 Å². The van der Waals surface area contributed by atoms with Gasteiger partial charge in [0.1, 0.15) is 11.5 Å². The predicted molar refractivity (Wildman–Crippen MR) is 135 cm³/mol. The number of aryl methyl sites for hydroxylation is 1. The molecule has 0 radical (unpaired) electrons. The molecule has 4 rings (SSSR count). The van der Waals surface area contributed by atoms with Crippen molar-refractivity contribution in [2.24, 2.45) is 5.10 Å². The van der Waals surface area contributed by atoms with Crippen LogP contribution in [0.3, 0.4) is 0 Å². The van der Waals surface area contributed by atoms with Crippen molar-refractivity contribution in [3.05, 3.63) is 78.1 Å². The van der Waals surface area contributed by atoms with Gasteiger partial charge in [0, 0.05) is 35.3 Å². The molecule has 0 saturated carbocycles. The van der Waals surface area contributed by atoms with Crippen molar-refractivity contribution in [1.82, 2.24) is 25.2 Å².